The molecular weight excluding hydrogens is 310 g/mol. The van der Waals surface area contributed by atoms with E-state index in [0.717, 1.165) is 6.07 Å². The van der Waals surface area contributed by atoms with E-state index in [0.29, 0.717) is 5.69 Å². The summed E-state index contributed by atoms with van der Waals surface area (Å²) < 4.78 is 12.9. The molecule has 112 valence electrons. The van der Waals surface area contributed by atoms with Crippen molar-refractivity contribution < 1.29 is 19.1 Å². The van der Waals surface area contributed by atoms with Crippen molar-refractivity contribution in [2.45, 2.75) is 13.0 Å². The van der Waals surface area contributed by atoms with Crippen LogP contribution in [0.25, 0.3) is 0 Å². The molecule has 0 aromatic heterocycles. The van der Waals surface area contributed by atoms with Gasteiger partial charge >= 0.3 is 5.97 Å². The van der Waals surface area contributed by atoms with Gasteiger partial charge in [0.2, 0.25) is 5.91 Å². The molecule has 8 heteroatoms. The maximum atomic E-state index is 12.9. The Balaban J connectivity index is 0.00000361. The van der Waals surface area contributed by atoms with Crippen LogP contribution in [0.2, 0.25) is 5.02 Å². The zero-order valence-electron chi connectivity index (χ0n) is 10.9. The second kappa shape index (κ2) is 8.04. The van der Waals surface area contributed by atoms with Gasteiger partial charge in [-0.25, -0.2) is 4.39 Å². The molecule has 0 heterocycles. The van der Waals surface area contributed by atoms with Crippen molar-refractivity contribution in [2.75, 3.05) is 18.9 Å². The molecule has 0 aliphatic carbocycles. The molecule has 0 aliphatic rings. The van der Waals surface area contributed by atoms with E-state index >= 15 is 0 Å². The minimum Gasteiger partial charge on any atom is -0.480 e. The van der Waals surface area contributed by atoms with E-state index < -0.39 is 23.7 Å². The number of amides is 1. The van der Waals surface area contributed by atoms with E-state index in [1.165, 1.54) is 31.0 Å². The van der Waals surface area contributed by atoms with Crippen LogP contribution in [0.4, 0.5) is 10.1 Å². The molecule has 0 spiro atoms. The number of carbonyl (C=O) groups is 2. The number of rotatable bonds is 5. The highest BCUT2D eigenvalue weighted by molar-refractivity contribution is 6.31. The van der Waals surface area contributed by atoms with Gasteiger partial charge in [-0.05, 0) is 32.2 Å². The number of benzene rings is 1. The van der Waals surface area contributed by atoms with Crippen LogP contribution in [0.1, 0.15) is 6.92 Å². The van der Waals surface area contributed by atoms with E-state index in [4.69, 9.17) is 16.7 Å². The summed E-state index contributed by atoms with van der Waals surface area (Å²) in [6.07, 6.45) is 0. The van der Waals surface area contributed by atoms with E-state index in [1.807, 2.05) is 0 Å². The van der Waals surface area contributed by atoms with Crippen molar-refractivity contribution in [1.82, 2.24) is 4.90 Å². The number of anilines is 1. The van der Waals surface area contributed by atoms with E-state index in [2.05, 4.69) is 5.32 Å². The molecule has 20 heavy (non-hydrogen) atoms. The van der Waals surface area contributed by atoms with Gasteiger partial charge in [0, 0.05) is 5.69 Å². The first-order chi connectivity index (χ1) is 8.81. The summed E-state index contributed by atoms with van der Waals surface area (Å²) >= 11 is 5.58. The van der Waals surface area contributed by atoms with E-state index in [-0.39, 0.29) is 24.0 Å². The summed E-state index contributed by atoms with van der Waals surface area (Å²) in [5.41, 5.74) is 0.354. The van der Waals surface area contributed by atoms with Gasteiger partial charge in [0.1, 0.15) is 11.9 Å². The van der Waals surface area contributed by atoms with Crippen molar-refractivity contribution in [1.29, 1.82) is 0 Å². The molecule has 5 nitrogen and oxygen atoms in total. The second-order valence-electron chi connectivity index (χ2n) is 4.11. The van der Waals surface area contributed by atoms with Gasteiger partial charge in [-0.2, -0.15) is 0 Å². The Morgan fingerprint density at radius 3 is 2.60 bits per heavy atom. The van der Waals surface area contributed by atoms with Crippen LogP contribution in [0.3, 0.4) is 0 Å². The molecule has 1 aromatic carbocycles. The lowest BCUT2D eigenvalue weighted by Crippen LogP contribution is -2.40. The Hall–Kier alpha value is -1.37. The smallest absolute Gasteiger partial charge is 0.320 e. The predicted molar refractivity (Wildman–Crippen MR) is 77.0 cm³/mol. The summed E-state index contributed by atoms with van der Waals surface area (Å²) in [7, 11) is 1.52. The van der Waals surface area contributed by atoms with Gasteiger partial charge in [-0.1, -0.05) is 11.6 Å². The van der Waals surface area contributed by atoms with E-state index in [9.17, 15) is 14.0 Å². The van der Waals surface area contributed by atoms with Crippen molar-refractivity contribution >= 4 is 41.6 Å². The normalized spacial score (nSPS) is 11.7. The largest absolute Gasteiger partial charge is 0.480 e. The van der Waals surface area contributed by atoms with Gasteiger partial charge in [0.05, 0.1) is 11.6 Å². The Morgan fingerprint density at radius 1 is 1.50 bits per heavy atom. The third-order valence-corrected chi connectivity index (χ3v) is 2.90. The highest BCUT2D eigenvalue weighted by Gasteiger charge is 2.19. The van der Waals surface area contributed by atoms with Crippen LogP contribution >= 0.6 is 24.0 Å². The van der Waals surface area contributed by atoms with Crippen LogP contribution in [0, 0.1) is 5.82 Å². The molecule has 0 bridgehead atoms. The first-order valence-electron chi connectivity index (χ1n) is 5.49. The standard InChI is InChI=1S/C12H14ClFN2O3.ClH/c1-7(12(18)19)16(2)6-11(17)15-8-3-4-10(14)9(13)5-8;/h3-5,7H,6H2,1-2H3,(H,15,17)(H,18,19);1H. The molecule has 1 atom stereocenters. The molecule has 0 radical (unpaired) electrons. The lowest BCUT2D eigenvalue weighted by atomic mass is 10.3. The number of hydrogen-bond donors (Lipinski definition) is 2. The van der Waals surface area contributed by atoms with Crippen molar-refractivity contribution in [3.8, 4) is 0 Å². The van der Waals surface area contributed by atoms with Gasteiger partial charge in [0.15, 0.2) is 0 Å². The summed E-state index contributed by atoms with van der Waals surface area (Å²) in [5, 5.41) is 11.2. The zero-order chi connectivity index (χ0) is 14.6. The van der Waals surface area contributed by atoms with Crippen LogP contribution in [-0.4, -0.2) is 41.5 Å². The summed E-state index contributed by atoms with van der Waals surface area (Å²) in [6.45, 7) is 1.38. The topological polar surface area (TPSA) is 69.6 Å². The predicted octanol–water partition coefficient (Wildman–Crippen LogP) is 2.24. The number of carboxylic acid groups (broad SMARTS) is 1. The molecule has 1 unspecified atom stereocenters. The van der Waals surface area contributed by atoms with Crippen LogP contribution in [0.15, 0.2) is 18.2 Å². The maximum absolute atomic E-state index is 12.9. The van der Waals surface area contributed by atoms with Gasteiger partial charge in [0.25, 0.3) is 0 Å². The van der Waals surface area contributed by atoms with Crippen LogP contribution in [0.5, 0.6) is 0 Å². The average molecular weight is 325 g/mol. The first kappa shape index (κ1) is 18.6. The molecular formula is C12H15Cl2FN2O3. The number of nitrogens with one attached hydrogen (secondary N) is 1. The maximum Gasteiger partial charge on any atom is 0.320 e. The van der Waals surface area contributed by atoms with E-state index in [1.54, 1.807) is 0 Å². The minimum atomic E-state index is -1.01. The molecule has 1 amide bonds. The van der Waals surface area contributed by atoms with Gasteiger partial charge < -0.3 is 10.4 Å². The number of carboxylic acids is 1. The fraction of sp³-hybridized carbons (Fsp3) is 0.333. The van der Waals surface area contributed by atoms with Crippen LogP contribution < -0.4 is 5.32 Å². The first-order valence-corrected chi connectivity index (χ1v) is 5.87. The third kappa shape index (κ3) is 5.32. The average Bonchev–Trinajstić information content (AvgIpc) is 2.32. The molecule has 1 rings (SSSR count). The second-order valence-corrected chi connectivity index (χ2v) is 4.51. The summed E-state index contributed by atoms with van der Waals surface area (Å²) in [5.74, 6) is -1.99. The molecule has 0 aliphatic heterocycles. The Bertz CT molecular complexity index is 500. The lowest BCUT2D eigenvalue weighted by molar-refractivity contribution is -0.142. The van der Waals surface area contributed by atoms with Crippen molar-refractivity contribution in [3.63, 3.8) is 0 Å². The number of halogens is 3. The SMILES string of the molecule is CC(C(=O)O)N(C)CC(=O)Nc1ccc(F)c(Cl)c1.Cl. The molecule has 0 saturated heterocycles. The van der Waals surface area contributed by atoms with Crippen molar-refractivity contribution in [3.05, 3.63) is 29.0 Å². The molecule has 0 fully saturated rings. The highest BCUT2D eigenvalue weighted by Crippen LogP contribution is 2.19. The Labute approximate surface area is 127 Å². The fourth-order valence-corrected chi connectivity index (χ4v) is 1.51. The number of carbonyl (C=O) groups excluding carboxylic acids is 1. The third-order valence-electron chi connectivity index (χ3n) is 2.61. The highest BCUT2D eigenvalue weighted by atomic mass is 35.5. The lowest BCUT2D eigenvalue weighted by Gasteiger charge is -2.20. The van der Waals surface area contributed by atoms with Crippen LogP contribution in [-0.2, 0) is 9.59 Å². The minimum absolute atomic E-state index is 0. The number of aliphatic carboxylic acids is 1. The molecule has 1 aromatic rings. The molecule has 0 saturated carbocycles. The summed E-state index contributed by atoms with van der Waals surface area (Å²) in [4.78, 5) is 23.8. The van der Waals surface area contributed by atoms with Gasteiger partial charge in [-0.15, -0.1) is 12.4 Å². The Kier molecular flexibility index (Phi) is 7.49. The van der Waals surface area contributed by atoms with Gasteiger partial charge in [-0.3, -0.25) is 14.5 Å². The number of hydrogen-bond acceptors (Lipinski definition) is 3. The Morgan fingerprint density at radius 2 is 2.10 bits per heavy atom. The number of likely N-dealkylation sites (N-methyl/N-ethyl adjacent to an activating group) is 1. The summed E-state index contributed by atoms with van der Waals surface area (Å²) in [6, 6.07) is 3.03. The zero-order valence-corrected chi connectivity index (χ0v) is 12.5. The number of nitrogens with zero attached hydrogens (tertiary/aromatic N) is 1. The fourth-order valence-electron chi connectivity index (χ4n) is 1.33. The molecule has 2 N–H and O–H groups in total. The quantitative estimate of drug-likeness (QED) is 0.871. The van der Waals surface area contributed by atoms with Crippen molar-refractivity contribution in [2.24, 2.45) is 0 Å². The monoisotopic (exact) mass is 324 g/mol.